The van der Waals surface area contributed by atoms with Crippen molar-refractivity contribution >= 4 is 28.2 Å². The number of benzene rings is 1. The largest absolute Gasteiger partial charge is 0.356 e. The maximum absolute atomic E-state index is 12.3. The Morgan fingerprint density at radius 3 is 3.04 bits per heavy atom. The summed E-state index contributed by atoms with van der Waals surface area (Å²) in [6.45, 7) is 4.55. The second kappa shape index (κ2) is 7.36. The SMILES string of the molecule is Cc1cc(C)c2onc(CC(=O)NCCc3[nH]cnc3-c3cccs3)c2c1. The van der Waals surface area contributed by atoms with Gasteiger partial charge in [-0.1, -0.05) is 17.3 Å². The van der Waals surface area contributed by atoms with Crippen molar-refractivity contribution in [1.82, 2.24) is 20.4 Å². The van der Waals surface area contributed by atoms with E-state index in [1.807, 2.05) is 43.5 Å². The van der Waals surface area contributed by atoms with Crippen molar-refractivity contribution in [2.45, 2.75) is 26.7 Å². The predicted octanol–water partition coefficient (Wildman–Crippen LogP) is 3.80. The highest BCUT2D eigenvalue weighted by molar-refractivity contribution is 7.13. The van der Waals surface area contributed by atoms with Crippen LogP contribution in [0.4, 0.5) is 0 Å². The fraction of sp³-hybridized carbons (Fsp3) is 0.250. The van der Waals surface area contributed by atoms with E-state index in [2.05, 4.69) is 20.4 Å². The van der Waals surface area contributed by atoms with Gasteiger partial charge in [0.25, 0.3) is 0 Å². The molecule has 0 spiro atoms. The Morgan fingerprint density at radius 2 is 2.22 bits per heavy atom. The molecule has 0 aliphatic carbocycles. The Hall–Kier alpha value is -2.93. The number of aryl methyl sites for hydroxylation is 2. The molecule has 0 saturated heterocycles. The topological polar surface area (TPSA) is 83.8 Å². The Bertz CT molecular complexity index is 1080. The molecule has 0 aliphatic heterocycles. The Morgan fingerprint density at radius 1 is 1.33 bits per heavy atom. The molecule has 4 aromatic rings. The van der Waals surface area contributed by atoms with Crippen LogP contribution in [0.3, 0.4) is 0 Å². The van der Waals surface area contributed by atoms with Crippen molar-refractivity contribution in [3.8, 4) is 10.6 Å². The van der Waals surface area contributed by atoms with Crippen LogP contribution in [0.15, 0.2) is 40.5 Å². The van der Waals surface area contributed by atoms with Crippen molar-refractivity contribution in [2.75, 3.05) is 6.54 Å². The maximum atomic E-state index is 12.3. The van der Waals surface area contributed by atoms with Gasteiger partial charge in [0, 0.05) is 24.0 Å². The standard InChI is InChI=1S/C20H20N4O2S/c1-12-8-13(2)20-14(9-12)16(24-26-20)10-18(25)21-6-5-15-19(23-11-22-15)17-4-3-7-27-17/h3-4,7-9,11H,5-6,10H2,1-2H3,(H,21,25)(H,22,23). The average Bonchev–Trinajstić information content (AvgIpc) is 3.35. The first-order chi connectivity index (χ1) is 13.1. The summed E-state index contributed by atoms with van der Waals surface area (Å²) in [4.78, 5) is 21.0. The van der Waals surface area contributed by atoms with Crippen LogP contribution in [0.2, 0.25) is 0 Å². The molecule has 3 heterocycles. The van der Waals surface area contributed by atoms with Gasteiger partial charge in [-0.25, -0.2) is 4.98 Å². The first kappa shape index (κ1) is 17.5. The van der Waals surface area contributed by atoms with E-state index in [9.17, 15) is 4.79 Å². The van der Waals surface area contributed by atoms with Crippen LogP contribution in [0.5, 0.6) is 0 Å². The van der Waals surface area contributed by atoms with Crippen LogP contribution in [0.1, 0.15) is 22.5 Å². The fourth-order valence-electron chi connectivity index (χ4n) is 3.25. The third kappa shape index (κ3) is 3.64. The molecule has 6 nitrogen and oxygen atoms in total. The monoisotopic (exact) mass is 380 g/mol. The van der Waals surface area contributed by atoms with E-state index in [4.69, 9.17) is 4.52 Å². The molecule has 0 fully saturated rings. The number of aromatic amines is 1. The van der Waals surface area contributed by atoms with Gasteiger partial charge in [0.1, 0.15) is 11.4 Å². The zero-order valence-corrected chi connectivity index (χ0v) is 16.0. The molecule has 1 amide bonds. The number of carbonyl (C=O) groups excluding carboxylic acids is 1. The fourth-order valence-corrected chi connectivity index (χ4v) is 3.99. The van der Waals surface area contributed by atoms with Crippen molar-refractivity contribution in [1.29, 1.82) is 0 Å². The molecule has 0 aliphatic rings. The first-order valence-corrected chi connectivity index (χ1v) is 9.68. The number of fused-ring (bicyclic) bond motifs is 1. The number of hydrogen-bond donors (Lipinski definition) is 2. The summed E-state index contributed by atoms with van der Waals surface area (Å²) in [6.07, 6.45) is 2.59. The van der Waals surface area contributed by atoms with Gasteiger partial charge in [-0.05, 0) is 42.5 Å². The molecule has 7 heteroatoms. The van der Waals surface area contributed by atoms with E-state index in [1.54, 1.807) is 17.7 Å². The summed E-state index contributed by atoms with van der Waals surface area (Å²) in [5, 5.41) is 10.00. The van der Waals surface area contributed by atoms with E-state index in [1.165, 1.54) is 0 Å². The highest BCUT2D eigenvalue weighted by atomic mass is 32.1. The molecule has 0 saturated carbocycles. The van der Waals surface area contributed by atoms with E-state index >= 15 is 0 Å². The predicted molar refractivity (Wildman–Crippen MR) is 106 cm³/mol. The molecule has 0 bridgehead atoms. The number of amides is 1. The van der Waals surface area contributed by atoms with Crippen molar-refractivity contribution in [3.05, 3.63) is 58.5 Å². The summed E-state index contributed by atoms with van der Waals surface area (Å²) in [7, 11) is 0. The molecule has 27 heavy (non-hydrogen) atoms. The molecule has 1 aromatic carbocycles. The van der Waals surface area contributed by atoms with Gasteiger partial charge in [-0.15, -0.1) is 11.3 Å². The Labute approximate surface area is 160 Å². The summed E-state index contributed by atoms with van der Waals surface area (Å²) in [5.74, 6) is -0.0680. The van der Waals surface area contributed by atoms with Crippen LogP contribution in [0.25, 0.3) is 21.5 Å². The first-order valence-electron chi connectivity index (χ1n) is 8.80. The van der Waals surface area contributed by atoms with E-state index < -0.39 is 0 Å². The smallest absolute Gasteiger partial charge is 0.226 e. The molecule has 138 valence electrons. The summed E-state index contributed by atoms with van der Waals surface area (Å²) < 4.78 is 5.41. The number of carbonyl (C=O) groups is 1. The lowest BCUT2D eigenvalue weighted by molar-refractivity contribution is -0.120. The van der Waals surface area contributed by atoms with Crippen LogP contribution in [-0.2, 0) is 17.6 Å². The van der Waals surface area contributed by atoms with E-state index in [0.29, 0.717) is 18.7 Å². The molecule has 4 rings (SSSR count). The quantitative estimate of drug-likeness (QED) is 0.533. The molecule has 0 atom stereocenters. The molecular formula is C20H20N4O2S. The van der Waals surface area contributed by atoms with Gasteiger partial charge < -0.3 is 14.8 Å². The van der Waals surface area contributed by atoms with Gasteiger partial charge >= 0.3 is 0 Å². The minimum absolute atomic E-state index is 0.0680. The number of H-pyrrole nitrogens is 1. The summed E-state index contributed by atoms with van der Waals surface area (Å²) in [5.41, 5.74) is 5.56. The average molecular weight is 380 g/mol. The lowest BCUT2D eigenvalue weighted by Crippen LogP contribution is -2.27. The Kier molecular flexibility index (Phi) is 4.77. The van der Waals surface area contributed by atoms with E-state index in [0.717, 1.165) is 38.4 Å². The molecule has 2 N–H and O–H groups in total. The van der Waals surface area contributed by atoms with Crippen molar-refractivity contribution < 1.29 is 9.32 Å². The minimum Gasteiger partial charge on any atom is -0.356 e. The van der Waals surface area contributed by atoms with Crippen LogP contribution in [0, 0.1) is 13.8 Å². The number of thiophene rings is 1. The van der Waals surface area contributed by atoms with Crippen LogP contribution >= 0.6 is 11.3 Å². The summed E-state index contributed by atoms with van der Waals surface area (Å²) in [6, 6.07) is 8.11. The van der Waals surface area contributed by atoms with Gasteiger partial charge in [0.15, 0.2) is 5.58 Å². The molecule has 3 aromatic heterocycles. The van der Waals surface area contributed by atoms with Crippen LogP contribution in [-0.4, -0.2) is 27.6 Å². The van der Waals surface area contributed by atoms with Crippen LogP contribution < -0.4 is 5.32 Å². The lowest BCUT2D eigenvalue weighted by Gasteiger charge is -2.05. The number of hydrogen-bond acceptors (Lipinski definition) is 5. The van der Waals surface area contributed by atoms with Gasteiger partial charge in [0.05, 0.1) is 17.6 Å². The third-order valence-electron chi connectivity index (χ3n) is 4.48. The number of imidazole rings is 1. The number of nitrogens with zero attached hydrogens (tertiary/aromatic N) is 2. The number of rotatable bonds is 6. The highest BCUT2D eigenvalue weighted by Gasteiger charge is 2.15. The second-order valence-corrected chi connectivity index (χ2v) is 7.52. The van der Waals surface area contributed by atoms with E-state index in [-0.39, 0.29) is 12.3 Å². The third-order valence-corrected chi connectivity index (χ3v) is 5.35. The maximum Gasteiger partial charge on any atom is 0.226 e. The lowest BCUT2D eigenvalue weighted by atomic mass is 10.1. The molecule has 0 unspecified atom stereocenters. The number of aromatic nitrogens is 3. The highest BCUT2D eigenvalue weighted by Crippen LogP contribution is 2.26. The number of nitrogens with one attached hydrogen (secondary N) is 2. The molecule has 0 radical (unpaired) electrons. The van der Waals surface area contributed by atoms with Crippen molar-refractivity contribution in [3.63, 3.8) is 0 Å². The molecular weight excluding hydrogens is 360 g/mol. The zero-order chi connectivity index (χ0) is 18.8. The minimum atomic E-state index is -0.0680. The van der Waals surface area contributed by atoms with Gasteiger partial charge in [-0.2, -0.15) is 0 Å². The second-order valence-electron chi connectivity index (χ2n) is 6.57. The zero-order valence-electron chi connectivity index (χ0n) is 15.2. The normalized spacial score (nSPS) is 11.2. The summed E-state index contributed by atoms with van der Waals surface area (Å²) >= 11 is 1.65. The van der Waals surface area contributed by atoms with Gasteiger partial charge in [0.2, 0.25) is 5.91 Å². The van der Waals surface area contributed by atoms with Crippen molar-refractivity contribution in [2.24, 2.45) is 0 Å². The van der Waals surface area contributed by atoms with Gasteiger partial charge in [-0.3, -0.25) is 4.79 Å². The Balaban J connectivity index is 1.38.